The maximum absolute atomic E-state index is 11.8. The number of allylic oxidation sites excluding steroid dienone is 2. The number of ether oxygens (including phenoxy) is 2. The highest BCUT2D eigenvalue weighted by molar-refractivity contribution is 6.10. The third-order valence-corrected chi connectivity index (χ3v) is 2.22. The molecule has 0 heterocycles. The van der Waals surface area contributed by atoms with E-state index in [2.05, 4.69) is 17.9 Å². The lowest BCUT2D eigenvalue weighted by Gasteiger charge is -2.06. The molecule has 0 fully saturated rings. The van der Waals surface area contributed by atoms with Crippen LogP contribution < -0.4 is 4.74 Å². The van der Waals surface area contributed by atoms with Crippen LogP contribution in [-0.4, -0.2) is 25.5 Å². The minimum Gasteiger partial charge on any atom is -0.482 e. The molecule has 0 saturated heterocycles. The predicted molar refractivity (Wildman–Crippen MR) is 67.6 cm³/mol. The van der Waals surface area contributed by atoms with Crippen molar-refractivity contribution in [2.45, 2.75) is 0 Å². The van der Waals surface area contributed by atoms with Crippen LogP contribution in [0.4, 0.5) is 0 Å². The van der Waals surface area contributed by atoms with Gasteiger partial charge in [-0.05, 0) is 12.1 Å². The Kier molecular flexibility index (Phi) is 4.87. The van der Waals surface area contributed by atoms with Gasteiger partial charge in [-0.1, -0.05) is 31.4 Å². The van der Waals surface area contributed by atoms with Crippen LogP contribution in [0.25, 0.3) is 0 Å². The molecule has 0 aromatic heterocycles. The summed E-state index contributed by atoms with van der Waals surface area (Å²) >= 11 is 0. The Morgan fingerprint density at radius 3 is 2.72 bits per heavy atom. The Morgan fingerprint density at radius 1 is 1.39 bits per heavy atom. The van der Waals surface area contributed by atoms with Crippen LogP contribution in [-0.2, 0) is 9.53 Å². The Labute approximate surface area is 106 Å². The van der Waals surface area contributed by atoms with Crippen molar-refractivity contribution in [2.75, 3.05) is 13.7 Å². The Bertz CT molecular complexity index is 488. The number of ketones is 1. The van der Waals surface area contributed by atoms with Gasteiger partial charge in [0.05, 0.1) is 7.11 Å². The monoisotopic (exact) mass is 246 g/mol. The van der Waals surface area contributed by atoms with Gasteiger partial charge in [0.1, 0.15) is 5.75 Å². The normalized spacial score (nSPS) is 9.39. The maximum Gasteiger partial charge on any atom is 0.343 e. The fraction of sp³-hybridized carbons (Fsp3) is 0.143. The van der Waals surface area contributed by atoms with E-state index in [1.54, 1.807) is 24.3 Å². The molecule has 0 aliphatic rings. The van der Waals surface area contributed by atoms with E-state index in [1.807, 2.05) is 0 Å². The van der Waals surface area contributed by atoms with Crippen LogP contribution in [0, 0.1) is 0 Å². The van der Waals surface area contributed by atoms with Crippen LogP contribution in [0.3, 0.4) is 0 Å². The lowest BCUT2D eigenvalue weighted by molar-refractivity contribution is -0.142. The minimum absolute atomic E-state index is 0.198. The van der Waals surface area contributed by atoms with Crippen molar-refractivity contribution in [3.05, 3.63) is 54.6 Å². The van der Waals surface area contributed by atoms with Gasteiger partial charge in [-0.2, -0.15) is 0 Å². The zero-order valence-electron chi connectivity index (χ0n) is 10.1. The summed E-state index contributed by atoms with van der Waals surface area (Å²) in [6.07, 6.45) is 1.39. The number of methoxy groups -OCH3 is 1. The maximum atomic E-state index is 11.8. The van der Waals surface area contributed by atoms with Crippen molar-refractivity contribution in [2.24, 2.45) is 0 Å². The molecule has 4 nitrogen and oxygen atoms in total. The van der Waals surface area contributed by atoms with Gasteiger partial charge in [0.25, 0.3) is 0 Å². The Balaban J connectivity index is 2.79. The minimum atomic E-state index is -0.484. The first-order valence-electron chi connectivity index (χ1n) is 5.24. The molecule has 0 aliphatic heterocycles. The number of carbonyl (C=O) groups is 2. The molecule has 0 bridgehead atoms. The van der Waals surface area contributed by atoms with Crippen molar-refractivity contribution in [1.82, 2.24) is 0 Å². The molecule has 0 spiro atoms. The van der Waals surface area contributed by atoms with E-state index in [4.69, 9.17) is 4.74 Å². The molecule has 18 heavy (non-hydrogen) atoms. The van der Waals surface area contributed by atoms with Crippen molar-refractivity contribution in [3.8, 4) is 5.75 Å². The van der Waals surface area contributed by atoms with Crippen LogP contribution in [0.1, 0.15) is 10.4 Å². The predicted octanol–water partition coefficient (Wildman–Crippen LogP) is 2.16. The number of Topliss-reactive ketones (excluding diaryl/α,β-unsaturated/α-hetero) is 1. The van der Waals surface area contributed by atoms with E-state index in [-0.39, 0.29) is 12.4 Å². The third kappa shape index (κ3) is 3.59. The quantitative estimate of drug-likeness (QED) is 0.334. The molecule has 0 amide bonds. The van der Waals surface area contributed by atoms with Gasteiger partial charge in [-0.15, -0.1) is 0 Å². The van der Waals surface area contributed by atoms with Gasteiger partial charge >= 0.3 is 5.97 Å². The molecule has 0 unspecified atom stereocenters. The van der Waals surface area contributed by atoms with Crippen LogP contribution in [0.15, 0.2) is 49.1 Å². The van der Waals surface area contributed by atoms with E-state index in [0.717, 1.165) is 0 Å². The molecule has 0 radical (unpaired) electrons. The molecule has 94 valence electrons. The fourth-order valence-corrected chi connectivity index (χ4v) is 1.21. The fourth-order valence-electron chi connectivity index (χ4n) is 1.21. The second-order valence-electron chi connectivity index (χ2n) is 3.45. The van der Waals surface area contributed by atoms with Gasteiger partial charge in [0, 0.05) is 11.1 Å². The summed E-state index contributed by atoms with van der Waals surface area (Å²) in [5.41, 5.74) is 0.738. The second kappa shape index (κ2) is 6.39. The molecule has 1 aromatic rings. The Hall–Kier alpha value is -2.36. The Morgan fingerprint density at radius 2 is 2.11 bits per heavy atom. The largest absolute Gasteiger partial charge is 0.482 e. The number of hydrogen-bond acceptors (Lipinski definition) is 4. The van der Waals surface area contributed by atoms with Gasteiger partial charge in [0.2, 0.25) is 0 Å². The molecule has 0 N–H and O–H groups in total. The number of benzene rings is 1. The molecule has 4 heteroatoms. The highest BCUT2D eigenvalue weighted by atomic mass is 16.6. The van der Waals surface area contributed by atoms with Crippen LogP contribution in [0.2, 0.25) is 0 Å². The molecule has 1 rings (SSSR count). The average Bonchev–Trinajstić information content (AvgIpc) is 2.43. The number of carbonyl (C=O) groups excluding carboxylic acids is 2. The van der Waals surface area contributed by atoms with E-state index in [1.165, 1.54) is 13.2 Å². The van der Waals surface area contributed by atoms with E-state index in [0.29, 0.717) is 16.9 Å². The molecule has 0 saturated carbocycles. The summed E-state index contributed by atoms with van der Waals surface area (Å²) in [6, 6.07) is 6.49. The highest BCUT2D eigenvalue weighted by Crippen LogP contribution is 2.16. The van der Waals surface area contributed by atoms with E-state index in [9.17, 15) is 9.59 Å². The lowest BCUT2D eigenvalue weighted by Crippen LogP contribution is -2.12. The van der Waals surface area contributed by atoms with Crippen LogP contribution >= 0.6 is 0 Å². The second-order valence-corrected chi connectivity index (χ2v) is 3.45. The summed E-state index contributed by atoms with van der Waals surface area (Å²) in [5, 5.41) is 0. The van der Waals surface area contributed by atoms with E-state index >= 15 is 0 Å². The smallest absolute Gasteiger partial charge is 0.343 e. The molecule has 1 aromatic carbocycles. The molecular weight excluding hydrogens is 232 g/mol. The summed E-state index contributed by atoms with van der Waals surface area (Å²) in [5.74, 6) is -0.293. The van der Waals surface area contributed by atoms with Gasteiger partial charge in [0.15, 0.2) is 12.4 Å². The first kappa shape index (κ1) is 13.7. The average molecular weight is 246 g/mol. The van der Waals surface area contributed by atoms with Gasteiger partial charge in [-0.3, -0.25) is 4.79 Å². The standard InChI is InChI=1S/C14H14O4/c1-4-10(2)14(16)11-6-5-7-12(8-11)18-9-13(15)17-3/h4-8H,1-2,9H2,3H3. The highest BCUT2D eigenvalue weighted by Gasteiger charge is 2.09. The zero-order chi connectivity index (χ0) is 13.5. The third-order valence-electron chi connectivity index (χ3n) is 2.22. The first-order chi connectivity index (χ1) is 8.58. The number of rotatable bonds is 6. The van der Waals surface area contributed by atoms with Crippen molar-refractivity contribution in [3.63, 3.8) is 0 Å². The molecular formula is C14H14O4. The summed E-state index contributed by atoms with van der Waals surface area (Å²) in [7, 11) is 1.28. The van der Waals surface area contributed by atoms with Crippen LogP contribution in [0.5, 0.6) is 5.75 Å². The molecule has 0 aliphatic carbocycles. The number of hydrogen-bond donors (Lipinski definition) is 0. The topological polar surface area (TPSA) is 52.6 Å². The molecule has 0 atom stereocenters. The van der Waals surface area contributed by atoms with Gasteiger partial charge < -0.3 is 9.47 Å². The number of esters is 1. The lowest BCUT2D eigenvalue weighted by atomic mass is 10.0. The van der Waals surface area contributed by atoms with Crippen molar-refractivity contribution in [1.29, 1.82) is 0 Å². The van der Waals surface area contributed by atoms with E-state index < -0.39 is 5.97 Å². The summed E-state index contributed by atoms with van der Waals surface area (Å²) in [6.45, 7) is 6.87. The zero-order valence-corrected chi connectivity index (χ0v) is 10.1. The van der Waals surface area contributed by atoms with Crippen molar-refractivity contribution < 1.29 is 19.1 Å². The van der Waals surface area contributed by atoms with Crippen molar-refractivity contribution >= 4 is 11.8 Å². The summed E-state index contributed by atoms with van der Waals surface area (Å²) in [4.78, 5) is 22.7. The van der Waals surface area contributed by atoms with Gasteiger partial charge in [-0.25, -0.2) is 4.79 Å². The SMILES string of the molecule is C=CC(=C)C(=O)c1cccc(OCC(=O)OC)c1. The first-order valence-corrected chi connectivity index (χ1v) is 5.24. The summed E-state index contributed by atoms with van der Waals surface area (Å²) < 4.78 is 9.63.